The Labute approximate surface area is 121 Å². The number of phenols is 2. The molecule has 0 fully saturated rings. The number of rotatable bonds is 3. The summed E-state index contributed by atoms with van der Waals surface area (Å²) in [7, 11) is 0. The average Bonchev–Trinajstić information content (AvgIpc) is 2.36. The van der Waals surface area contributed by atoms with Gasteiger partial charge in [0.15, 0.2) is 5.75 Å². The monoisotopic (exact) mass is 297 g/mol. The molecule has 0 aliphatic carbocycles. The van der Waals surface area contributed by atoms with Crippen molar-refractivity contribution in [2.45, 2.75) is 13.0 Å². The fourth-order valence-corrected chi connectivity index (χ4v) is 2.32. The van der Waals surface area contributed by atoms with Gasteiger partial charge in [-0.2, -0.15) is 0 Å². The van der Waals surface area contributed by atoms with Gasteiger partial charge in [0.25, 0.3) is 0 Å². The Morgan fingerprint density at radius 3 is 2.21 bits per heavy atom. The molecular weight excluding hydrogens is 285 g/mol. The van der Waals surface area contributed by atoms with E-state index in [1.807, 2.05) is 19.1 Å². The predicted octanol–water partition coefficient (Wildman–Crippen LogP) is 4.58. The molecule has 1 atom stereocenters. The summed E-state index contributed by atoms with van der Waals surface area (Å²) in [5.74, 6) is 0.0857. The van der Waals surface area contributed by atoms with E-state index in [4.69, 9.17) is 23.2 Å². The highest BCUT2D eigenvalue weighted by Crippen LogP contribution is 2.36. The smallest absolute Gasteiger partial charge is 0.152 e. The van der Waals surface area contributed by atoms with E-state index in [-0.39, 0.29) is 27.6 Å². The van der Waals surface area contributed by atoms with Crippen LogP contribution < -0.4 is 5.32 Å². The molecule has 0 heterocycles. The first-order valence-electron chi connectivity index (χ1n) is 5.71. The van der Waals surface area contributed by atoms with Crippen LogP contribution in [0.1, 0.15) is 18.5 Å². The van der Waals surface area contributed by atoms with Crippen LogP contribution in [0.15, 0.2) is 36.4 Å². The van der Waals surface area contributed by atoms with Gasteiger partial charge in [-0.05, 0) is 25.1 Å². The van der Waals surface area contributed by atoms with Crippen molar-refractivity contribution < 1.29 is 10.2 Å². The third kappa shape index (κ3) is 3.06. The summed E-state index contributed by atoms with van der Waals surface area (Å²) in [4.78, 5) is 0. The van der Waals surface area contributed by atoms with Crippen molar-refractivity contribution in [2.24, 2.45) is 0 Å². The van der Waals surface area contributed by atoms with E-state index in [0.29, 0.717) is 5.69 Å². The predicted molar refractivity (Wildman–Crippen MR) is 78.3 cm³/mol. The molecule has 100 valence electrons. The molecule has 3 N–H and O–H groups in total. The maximum atomic E-state index is 9.78. The Morgan fingerprint density at radius 2 is 1.63 bits per heavy atom. The molecule has 0 aromatic heterocycles. The lowest BCUT2D eigenvalue weighted by atomic mass is 10.1. The maximum Gasteiger partial charge on any atom is 0.152 e. The minimum atomic E-state index is -0.135. The summed E-state index contributed by atoms with van der Waals surface area (Å²) in [6.07, 6.45) is 0. The first kappa shape index (κ1) is 13.8. The minimum Gasteiger partial charge on any atom is -0.508 e. The lowest BCUT2D eigenvalue weighted by Gasteiger charge is -2.17. The first-order valence-corrected chi connectivity index (χ1v) is 6.47. The summed E-state index contributed by atoms with van der Waals surface area (Å²) in [5.41, 5.74) is 1.44. The molecule has 0 spiro atoms. The highest BCUT2D eigenvalue weighted by molar-refractivity contribution is 6.37. The Morgan fingerprint density at radius 1 is 1.05 bits per heavy atom. The number of phenolic OH excluding ortho intramolecular Hbond substituents is 2. The molecule has 0 saturated heterocycles. The van der Waals surface area contributed by atoms with Crippen molar-refractivity contribution in [1.29, 1.82) is 0 Å². The zero-order chi connectivity index (χ0) is 14.0. The van der Waals surface area contributed by atoms with Gasteiger partial charge in [0.2, 0.25) is 0 Å². The molecule has 0 aliphatic rings. The Bertz CT molecular complexity index is 579. The van der Waals surface area contributed by atoms with E-state index < -0.39 is 0 Å². The lowest BCUT2D eigenvalue weighted by Crippen LogP contribution is -2.06. The van der Waals surface area contributed by atoms with Gasteiger partial charge in [-0.3, -0.25) is 0 Å². The van der Waals surface area contributed by atoms with Gasteiger partial charge < -0.3 is 15.5 Å². The number of para-hydroxylation sites is 1. The third-order valence-corrected chi connectivity index (χ3v) is 3.38. The Hall–Kier alpha value is -1.58. The molecule has 1 unspecified atom stereocenters. The van der Waals surface area contributed by atoms with Crippen LogP contribution in [0.3, 0.4) is 0 Å². The van der Waals surface area contributed by atoms with Crippen molar-refractivity contribution in [3.8, 4) is 11.5 Å². The standard InChI is InChI=1S/C14H13Cl2NO2/c1-8(10-4-2-3-5-13(10)18)17-9-6-11(15)14(19)12(16)7-9/h2-8,17-19H,1H3. The van der Waals surface area contributed by atoms with Gasteiger partial charge >= 0.3 is 0 Å². The summed E-state index contributed by atoms with van der Waals surface area (Å²) < 4.78 is 0. The lowest BCUT2D eigenvalue weighted by molar-refractivity contribution is 0.465. The van der Waals surface area contributed by atoms with Crippen LogP contribution in [-0.4, -0.2) is 10.2 Å². The SMILES string of the molecule is CC(Nc1cc(Cl)c(O)c(Cl)c1)c1ccccc1O. The van der Waals surface area contributed by atoms with Crippen molar-refractivity contribution in [3.63, 3.8) is 0 Å². The normalized spacial score (nSPS) is 12.2. The van der Waals surface area contributed by atoms with Gasteiger partial charge in [0.05, 0.1) is 16.1 Å². The molecule has 2 aromatic rings. The van der Waals surface area contributed by atoms with E-state index in [1.54, 1.807) is 24.3 Å². The molecule has 2 aromatic carbocycles. The molecule has 5 heteroatoms. The van der Waals surface area contributed by atoms with E-state index in [1.165, 1.54) is 0 Å². The summed E-state index contributed by atoms with van der Waals surface area (Å²) in [6, 6.07) is 10.1. The second kappa shape index (κ2) is 5.59. The highest BCUT2D eigenvalue weighted by atomic mass is 35.5. The molecule has 3 nitrogen and oxygen atoms in total. The van der Waals surface area contributed by atoms with Gasteiger partial charge in [0, 0.05) is 11.3 Å². The number of hydrogen-bond acceptors (Lipinski definition) is 3. The Kier molecular flexibility index (Phi) is 4.08. The zero-order valence-corrected chi connectivity index (χ0v) is 11.7. The van der Waals surface area contributed by atoms with Crippen LogP contribution in [0.25, 0.3) is 0 Å². The third-order valence-electron chi connectivity index (χ3n) is 2.80. The van der Waals surface area contributed by atoms with Crippen molar-refractivity contribution in [2.75, 3.05) is 5.32 Å². The van der Waals surface area contributed by atoms with Crippen LogP contribution in [0.2, 0.25) is 10.0 Å². The zero-order valence-electron chi connectivity index (χ0n) is 10.2. The van der Waals surface area contributed by atoms with Crippen LogP contribution in [0.4, 0.5) is 5.69 Å². The van der Waals surface area contributed by atoms with Gasteiger partial charge in [-0.15, -0.1) is 0 Å². The number of benzene rings is 2. The van der Waals surface area contributed by atoms with E-state index in [9.17, 15) is 10.2 Å². The van der Waals surface area contributed by atoms with Crippen LogP contribution in [0.5, 0.6) is 11.5 Å². The molecule has 2 rings (SSSR count). The number of anilines is 1. The highest BCUT2D eigenvalue weighted by Gasteiger charge is 2.12. The quantitative estimate of drug-likeness (QED) is 0.727. The number of hydrogen-bond donors (Lipinski definition) is 3. The minimum absolute atomic E-state index is 0.127. The molecule has 0 amide bonds. The van der Waals surface area contributed by atoms with E-state index >= 15 is 0 Å². The fourth-order valence-electron chi connectivity index (χ4n) is 1.83. The molecule has 0 aliphatic heterocycles. The summed E-state index contributed by atoms with van der Waals surface area (Å²) in [6.45, 7) is 1.91. The molecule has 0 bridgehead atoms. The number of aromatic hydroxyl groups is 2. The van der Waals surface area contributed by atoms with Crippen LogP contribution in [0, 0.1) is 0 Å². The number of halogens is 2. The van der Waals surface area contributed by atoms with Crippen LogP contribution in [-0.2, 0) is 0 Å². The van der Waals surface area contributed by atoms with Gasteiger partial charge in [0.1, 0.15) is 5.75 Å². The van der Waals surface area contributed by atoms with Gasteiger partial charge in [-0.25, -0.2) is 0 Å². The van der Waals surface area contributed by atoms with Crippen LogP contribution >= 0.6 is 23.2 Å². The van der Waals surface area contributed by atoms with E-state index in [2.05, 4.69) is 5.32 Å². The van der Waals surface area contributed by atoms with Crippen molar-refractivity contribution in [3.05, 3.63) is 52.0 Å². The van der Waals surface area contributed by atoms with Gasteiger partial charge in [-0.1, -0.05) is 41.4 Å². The molecule has 19 heavy (non-hydrogen) atoms. The van der Waals surface area contributed by atoms with E-state index in [0.717, 1.165) is 5.56 Å². The molecule has 0 saturated carbocycles. The topological polar surface area (TPSA) is 52.5 Å². The fraction of sp³-hybridized carbons (Fsp3) is 0.143. The number of nitrogens with one attached hydrogen (secondary N) is 1. The largest absolute Gasteiger partial charge is 0.508 e. The Balaban J connectivity index is 2.24. The average molecular weight is 298 g/mol. The van der Waals surface area contributed by atoms with Crippen molar-refractivity contribution in [1.82, 2.24) is 0 Å². The second-order valence-electron chi connectivity index (χ2n) is 4.21. The first-order chi connectivity index (χ1) is 8.99. The maximum absolute atomic E-state index is 9.78. The van der Waals surface area contributed by atoms with Crippen molar-refractivity contribution >= 4 is 28.9 Å². The molecule has 0 radical (unpaired) electrons. The summed E-state index contributed by atoms with van der Waals surface area (Å²) >= 11 is 11.7. The molecular formula is C14H13Cl2NO2. The summed E-state index contributed by atoms with van der Waals surface area (Å²) in [5, 5.41) is 22.8. The second-order valence-corrected chi connectivity index (χ2v) is 5.03.